The van der Waals surface area contributed by atoms with Gasteiger partial charge in [0.25, 0.3) is 0 Å². The zero-order chi connectivity index (χ0) is 19.6. The van der Waals surface area contributed by atoms with Gasteiger partial charge in [0.05, 0.1) is 0 Å². The molecule has 0 rings (SSSR count). The highest BCUT2D eigenvalue weighted by atomic mass is 16.6. The van der Waals surface area contributed by atoms with Crippen molar-refractivity contribution in [1.29, 1.82) is 0 Å². The van der Waals surface area contributed by atoms with Crippen molar-refractivity contribution in [2.75, 3.05) is 6.54 Å². The summed E-state index contributed by atoms with van der Waals surface area (Å²) in [5, 5.41) is 5.69. The van der Waals surface area contributed by atoms with Gasteiger partial charge in [0, 0.05) is 24.8 Å². The second-order valence-corrected chi connectivity index (χ2v) is 8.07. The van der Waals surface area contributed by atoms with Gasteiger partial charge in [-0.3, -0.25) is 4.79 Å². The van der Waals surface area contributed by atoms with Gasteiger partial charge in [0.2, 0.25) is 5.91 Å². The average molecular weight is 354 g/mol. The van der Waals surface area contributed by atoms with Crippen LogP contribution >= 0.6 is 0 Å². The lowest BCUT2D eigenvalue weighted by Crippen LogP contribution is -2.44. The van der Waals surface area contributed by atoms with Crippen molar-refractivity contribution in [3.63, 3.8) is 0 Å². The number of amides is 2. The number of ketones is 1. The van der Waals surface area contributed by atoms with Gasteiger partial charge >= 0.3 is 6.09 Å². The van der Waals surface area contributed by atoms with Crippen molar-refractivity contribution in [2.45, 2.75) is 85.5 Å². The van der Waals surface area contributed by atoms with Crippen molar-refractivity contribution < 1.29 is 19.1 Å². The smallest absolute Gasteiger partial charge is 0.407 e. The third-order valence-electron chi connectivity index (χ3n) is 3.92. The van der Waals surface area contributed by atoms with Crippen LogP contribution in [0.4, 0.5) is 4.79 Å². The molecule has 0 heterocycles. The van der Waals surface area contributed by atoms with Crippen molar-refractivity contribution in [2.24, 2.45) is 5.92 Å². The maximum absolute atomic E-state index is 12.4. The highest BCUT2D eigenvalue weighted by Gasteiger charge is 2.23. The van der Waals surface area contributed by atoms with Crippen molar-refractivity contribution in [3.05, 3.63) is 0 Å². The third kappa shape index (κ3) is 12.5. The first-order valence-corrected chi connectivity index (χ1v) is 9.19. The van der Waals surface area contributed by atoms with Crippen LogP contribution in [0.1, 0.15) is 60.3 Å². The van der Waals surface area contributed by atoms with Crippen LogP contribution in [0.15, 0.2) is 0 Å². The van der Waals surface area contributed by atoms with E-state index in [2.05, 4.69) is 10.6 Å². The van der Waals surface area contributed by atoms with E-state index >= 15 is 0 Å². The molecule has 0 aliphatic rings. The fourth-order valence-electron chi connectivity index (χ4n) is 2.20. The monoisotopic (exact) mass is 354 g/mol. The number of Topliss-reactive ketones (excluding diaryl/α,β-unsaturated/α-hetero) is 1. The summed E-state index contributed by atoms with van der Waals surface area (Å²) in [6, 6.07) is 0. The quantitative estimate of drug-likeness (QED) is 0.466. The molecule has 0 saturated heterocycles. The van der Waals surface area contributed by atoms with Crippen LogP contribution in [0.3, 0.4) is 0 Å². The molecule has 0 fully saturated rings. The van der Waals surface area contributed by atoms with E-state index in [1.807, 2.05) is 41.3 Å². The highest BCUT2D eigenvalue weighted by molar-refractivity contribution is 6.57. The van der Waals surface area contributed by atoms with E-state index in [1.54, 1.807) is 0 Å². The summed E-state index contributed by atoms with van der Waals surface area (Å²) in [5.41, 5.74) is -0.512. The van der Waals surface area contributed by atoms with Crippen molar-refractivity contribution in [1.82, 2.24) is 10.6 Å². The normalized spacial score (nSPS) is 13.6. The molecule has 144 valence electrons. The summed E-state index contributed by atoms with van der Waals surface area (Å²) in [6.45, 7) is 13.9. The Morgan fingerprint density at radius 3 is 2.20 bits per heavy atom. The summed E-state index contributed by atoms with van der Waals surface area (Å²) < 4.78 is 5.16. The zero-order valence-corrected chi connectivity index (χ0v) is 16.9. The fourth-order valence-corrected chi connectivity index (χ4v) is 2.20. The van der Waals surface area contributed by atoms with Crippen LogP contribution in [-0.4, -0.2) is 42.6 Å². The molecule has 0 aromatic heterocycles. The topological polar surface area (TPSA) is 84.5 Å². The predicted octanol–water partition coefficient (Wildman–Crippen LogP) is 3.08. The zero-order valence-electron chi connectivity index (χ0n) is 16.9. The van der Waals surface area contributed by atoms with Crippen LogP contribution in [0.25, 0.3) is 0 Å². The van der Waals surface area contributed by atoms with Crippen LogP contribution in [-0.2, 0) is 14.3 Å². The Labute approximate surface area is 152 Å². The Hall–Kier alpha value is -1.53. The van der Waals surface area contributed by atoms with E-state index in [1.165, 1.54) is 6.92 Å². The van der Waals surface area contributed by atoms with Crippen LogP contribution in [0, 0.1) is 5.92 Å². The third-order valence-corrected chi connectivity index (χ3v) is 3.92. The second-order valence-electron chi connectivity index (χ2n) is 8.07. The summed E-state index contributed by atoms with van der Waals surface area (Å²) in [6.07, 6.45) is 1.96. The van der Waals surface area contributed by atoms with E-state index in [0.717, 1.165) is 12.8 Å². The maximum atomic E-state index is 12.4. The molecule has 0 aliphatic carbocycles. The lowest BCUT2D eigenvalue weighted by Gasteiger charge is -2.21. The standard InChI is InChI=1S/C18H35BN2O4/c1-13(22)12-15(16(23)21-14(2)19(6)7)10-8-9-11-20-17(24)25-18(3,4)5/h14-15H,8-12H2,1-7H3,(H,20,24)(H,21,23)/t14?,15-/m1/s1. The predicted molar refractivity (Wildman–Crippen MR) is 102 cm³/mol. The minimum atomic E-state index is -0.512. The molecule has 7 heteroatoms. The van der Waals surface area contributed by atoms with Crippen molar-refractivity contribution in [3.8, 4) is 0 Å². The molecular weight excluding hydrogens is 319 g/mol. The number of rotatable bonds is 10. The second kappa shape index (κ2) is 11.2. The molecule has 0 aliphatic heterocycles. The number of hydrogen-bond donors (Lipinski definition) is 2. The molecule has 2 N–H and O–H groups in total. The Morgan fingerprint density at radius 2 is 1.72 bits per heavy atom. The number of ether oxygens (including phenoxy) is 1. The fraction of sp³-hybridized carbons (Fsp3) is 0.833. The number of nitrogens with one attached hydrogen (secondary N) is 2. The molecule has 2 atom stereocenters. The maximum Gasteiger partial charge on any atom is 0.407 e. The first-order chi connectivity index (χ1) is 11.4. The molecule has 25 heavy (non-hydrogen) atoms. The number of hydrogen-bond acceptors (Lipinski definition) is 4. The molecule has 0 spiro atoms. The van der Waals surface area contributed by atoms with Gasteiger partial charge in [-0.05, 0) is 40.5 Å². The van der Waals surface area contributed by atoms with Gasteiger partial charge in [-0.1, -0.05) is 27.0 Å². The largest absolute Gasteiger partial charge is 0.444 e. The molecule has 0 saturated carbocycles. The average Bonchev–Trinajstić information content (AvgIpc) is 2.42. The molecule has 6 nitrogen and oxygen atoms in total. The molecule has 0 bridgehead atoms. The summed E-state index contributed by atoms with van der Waals surface area (Å²) in [4.78, 5) is 35.4. The first-order valence-electron chi connectivity index (χ1n) is 9.19. The Bertz CT molecular complexity index is 447. The summed E-state index contributed by atoms with van der Waals surface area (Å²) >= 11 is 0. The van der Waals surface area contributed by atoms with Gasteiger partial charge in [-0.25, -0.2) is 4.79 Å². The molecule has 1 unspecified atom stereocenters. The van der Waals surface area contributed by atoms with Gasteiger partial charge in [-0.15, -0.1) is 0 Å². The van der Waals surface area contributed by atoms with E-state index in [4.69, 9.17) is 4.74 Å². The van der Waals surface area contributed by atoms with Crippen LogP contribution < -0.4 is 10.6 Å². The van der Waals surface area contributed by atoms with E-state index in [0.29, 0.717) is 19.7 Å². The molecule has 0 aromatic rings. The van der Waals surface area contributed by atoms with E-state index < -0.39 is 11.7 Å². The summed E-state index contributed by atoms with van der Waals surface area (Å²) in [5.74, 6) is -0.267. The Morgan fingerprint density at radius 1 is 1.12 bits per heavy atom. The Balaban J connectivity index is 4.26. The summed E-state index contributed by atoms with van der Waals surface area (Å²) in [7, 11) is 0. The number of carbonyl (C=O) groups excluding carboxylic acids is 3. The lowest BCUT2D eigenvalue weighted by molar-refractivity contribution is -0.129. The van der Waals surface area contributed by atoms with E-state index in [-0.39, 0.29) is 30.0 Å². The molecule has 2 amide bonds. The van der Waals surface area contributed by atoms with Gasteiger partial charge in [0.15, 0.2) is 6.71 Å². The van der Waals surface area contributed by atoms with Gasteiger partial charge in [0.1, 0.15) is 11.4 Å². The number of alkyl carbamates (subject to hydrolysis) is 1. The van der Waals surface area contributed by atoms with Crippen LogP contribution in [0.5, 0.6) is 0 Å². The van der Waals surface area contributed by atoms with Gasteiger partial charge in [-0.2, -0.15) is 0 Å². The first kappa shape index (κ1) is 23.5. The minimum Gasteiger partial charge on any atom is -0.444 e. The molecule has 0 radical (unpaired) electrons. The number of carbonyl (C=O) groups is 3. The lowest BCUT2D eigenvalue weighted by atomic mass is 9.49. The van der Waals surface area contributed by atoms with Crippen LogP contribution in [0.2, 0.25) is 13.6 Å². The minimum absolute atomic E-state index is 0.0178. The SMILES string of the molecule is CB(C)C(C)NC(=O)[C@H](CCCCNC(=O)OC(C)(C)C)CC(C)=O. The highest BCUT2D eigenvalue weighted by Crippen LogP contribution is 2.14. The van der Waals surface area contributed by atoms with Crippen molar-refractivity contribution >= 4 is 24.5 Å². The van der Waals surface area contributed by atoms with Gasteiger partial charge < -0.3 is 20.2 Å². The number of unbranched alkanes of at least 4 members (excludes halogenated alkanes) is 1. The Kier molecular flexibility index (Phi) is 10.5. The van der Waals surface area contributed by atoms with E-state index in [9.17, 15) is 14.4 Å². The molecular formula is C18H35BN2O4. The molecule has 0 aromatic carbocycles.